The Morgan fingerprint density at radius 2 is 1.81 bits per heavy atom. The van der Waals surface area contributed by atoms with Crippen LogP contribution in [0.5, 0.6) is 5.75 Å². The molecule has 1 aromatic heterocycles. The summed E-state index contributed by atoms with van der Waals surface area (Å²) in [5, 5.41) is 14.2. The molecule has 10 heteroatoms. The highest BCUT2D eigenvalue weighted by Crippen LogP contribution is 2.24. The zero-order chi connectivity index (χ0) is 20.0. The van der Waals surface area contributed by atoms with Gasteiger partial charge in [0.2, 0.25) is 0 Å². The molecule has 1 unspecified atom stereocenters. The van der Waals surface area contributed by atoms with E-state index >= 15 is 0 Å². The number of anilines is 1. The van der Waals surface area contributed by atoms with Gasteiger partial charge < -0.3 is 20.5 Å². The number of alkyl halides is 3. The van der Waals surface area contributed by atoms with E-state index < -0.39 is 30.0 Å². The van der Waals surface area contributed by atoms with Crippen LogP contribution in [0.4, 0.5) is 18.9 Å². The maximum Gasteiger partial charge on any atom is 0.573 e. The van der Waals surface area contributed by atoms with Gasteiger partial charge in [0.15, 0.2) is 0 Å². The molecule has 0 aliphatic heterocycles. The lowest BCUT2D eigenvalue weighted by Gasteiger charge is -2.10. The summed E-state index contributed by atoms with van der Waals surface area (Å²) in [6, 6.07) is 8.06. The van der Waals surface area contributed by atoms with Crippen molar-refractivity contribution in [2.75, 3.05) is 11.9 Å². The molecule has 0 radical (unpaired) electrons. The fraction of sp³-hybridized carbons (Fsp3) is 0.294. The second-order valence-corrected chi connectivity index (χ2v) is 6.71. The summed E-state index contributed by atoms with van der Waals surface area (Å²) in [6.07, 6.45) is -4.86. The van der Waals surface area contributed by atoms with Crippen LogP contribution in [0.1, 0.15) is 22.8 Å². The Balaban J connectivity index is 1.78. The molecular weight excluding hydrogens is 385 g/mol. The fourth-order valence-corrected chi connectivity index (χ4v) is 3.01. The molecule has 6 nitrogen and oxygen atoms in total. The van der Waals surface area contributed by atoms with E-state index in [0.717, 1.165) is 21.9 Å². The predicted octanol–water partition coefficient (Wildman–Crippen LogP) is 3.00. The summed E-state index contributed by atoms with van der Waals surface area (Å²) < 4.78 is 40.0. The van der Waals surface area contributed by atoms with E-state index in [2.05, 4.69) is 15.4 Å². The summed E-state index contributed by atoms with van der Waals surface area (Å²) in [6.45, 7) is 1.88. The van der Waals surface area contributed by atoms with Gasteiger partial charge in [0.25, 0.3) is 0 Å². The molecule has 2 aromatic rings. The van der Waals surface area contributed by atoms with Crippen molar-refractivity contribution in [2.45, 2.75) is 25.8 Å². The van der Waals surface area contributed by atoms with Crippen molar-refractivity contribution in [3.63, 3.8) is 0 Å². The predicted molar refractivity (Wildman–Crippen MR) is 93.4 cm³/mol. The maximum atomic E-state index is 12.1. The Hall–Kier alpha value is -2.59. The van der Waals surface area contributed by atoms with Crippen molar-refractivity contribution in [3.8, 4) is 5.75 Å². The molecule has 0 aliphatic carbocycles. The zero-order valence-corrected chi connectivity index (χ0v) is 15.0. The number of thiophene rings is 1. The van der Waals surface area contributed by atoms with Crippen LogP contribution in [0.25, 0.3) is 0 Å². The number of benzene rings is 1. The van der Waals surface area contributed by atoms with Gasteiger partial charge >= 0.3 is 18.2 Å². The normalized spacial score (nSPS) is 12.3. The third-order valence-electron chi connectivity index (χ3n) is 3.30. The van der Waals surface area contributed by atoms with Crippen molar-refractivity contribution >= 4 is 28.8 Å². The minimum absolute atomic E-state index is 0.157. The van der Waals surface area contributed by atoms with Gasteiger partial charge in [-0.15, -0.1) is 24.5 Å². The molecule has 2 rings (SSSR count). The lowest BCUT2D eigenvalue weighted by atomic mass is 10.3. The Kier molecular flexibility index (Phi) is 6.81. The quantitative estimate of drug-likeness (QED) is 0.649. The first-order valence-electron chi connectivity index (χ1n) is 7.86. The molecule has 0 aliphatic rings. The second-order valence-electron chi connectivity index (χ2n) is 5.51. The fourth-order valence-electron chi connectivity index (χ4n) is 2.06. The van der Waals surface area contributed by atoms with Gasteiger partial charge in [0.05, 0.1) is 6.10 Å². The Bertz CT molecular complexity index is 788. The van der Waals surface area contributed by atoms with E-state index in [9.17, 15) is 27.9 Å². The van der Waals surface area contributed by atoms with Gasteiger partial charge in [-0.05, 0) is 49.7 Å². The summed E-state index contributed by atoms with van der Waals surface area (Å²) in [7, 11) is 0. The van der Waals surface area contributed by atoms with Gasteiger partial charge in [-0.2, -0.15) is 0 Å². The number of aliphatic hydroxyl groups is 1. The lowest BCUT2D eigenvalue weighted by Crippen LogP contribution is -2.36. The monoisotopic (exact) mass is 402 g/mol. The van der Waals surface area contributed by atoms with E-state index in [-0.39, 0.29) is 12.2 Å². The molecule has 146 valence electrons. The summed E-state index contributed by atoms with van der Waals surface area (Å²) in [5.74, 6) is -2.23. The van der Waals surface area contributed by atoms with Crippen LogP contribution in [0.3, 0.4) is 0 Å². The molecule has 27 heavy (non-hydrogen) atoms. The molecule has 0 fully saturated rings. The standard InChI is InChI=1S/C17H17F3N2O4S/c1-10(23)14-7-6-13(27-14)8-9-21-15(24)16(25)22-11-2-4-12(5-3-11)26-17(18,19)20/h2-7,10,23H,8-9H2,1H3,(H,21,24)(H,22,25). The van der Waals surface area contributed by atoms with Crippen molar-refractivity contribution < 1.29 is 32.6 Å². The maximum absolute atomic E-state index is 12.1. The zero-order valence-electron chi connectivity index (χ0n) is 14.2. The van der Waals surface area contributed by atoms with Crippen LogP contribution >= 0.6 is 11.3 Å². The third-order valence-corrected chi connectivity index (χ3v) is 4.62. The summed E-state index contributed by atoms with van der Waals surface area (Å²) in [4.78, 5) is 25.3. The van der Waals surface area contributed by atoms with E-state index in [1.165, 1.54) is 23.5 Å². The first-order chi connectivity index (χ1) is 12.6. The molecule has 0 saturated carbocycles. The Morgan fingerprint density at radius 1 is 1.15 bits per heavy atom. The minimum atomic E-state index is -4.80. The number of rotatable bonds is 6. The molecule has 2 amide bonds. The smallest absolute Gasteiger partial charge is 0.406 e. The number of hydrogen-bond acceptors (Lipinski definition) is 5. The number of hydrogen-bond donors (Lipinski definition) is 3. The van der Waals surface area contributed by atoms with Crippen molar-refractivity contribution in [2.24, 2.45) is 0 Å². The average Bonchev–Trinajstić information content (AvgIpc) is 3.04. The highest BCUT2D eigenvalue weighted by atomic mass is 32.1. The van der Waals surface area contributed by atoms with Crippen LogP contribution in [0, 0.1) is 0 Å². The van der Waals surface area contributed by atoms with E-state index in [1.54, 1.807) is 13.0 Å². The molecular formula is C17H17F3N2O4S. The summed E-state index contributed by atoms with van der Waals surface area (Å²) in [5.41, 5.74) is 0.157. The van der Waals surface area contributed by atoms with Gasteiger partial charge in [-0.3, -0.25) is 9.59 Å². The highest BCUT2D eigenvalue weighted by molar-refractivity contribution is 7.12. The number of ether oxygens (including phenoxy) is 1. The first-order valence-corrected chi connectivity index (χ1v) is 8.67. The number of amides is 2. The molecule has 1 heterocycles. The number of carbonyl (C=O) groups is 2. The minimum Gasteiger partial charge on any atom is -0.406 e. The van der Waals surface area contributed by atoms with Crippen molar-refractivity contribution in [1.82, 2.24) is 5.32 Å². The average molecular weight is 402 g/mol. The number of carbonyl (C=O) groups excluding carboxylic acids is 2. The van der Waals surface area contributed by atoms with Crippen LogP contribution in [0.2, 0.25) is 0 Å². The van der Waals surface area contributed by atoms with Crippen molar-refractivity contribution in [1.29, 1.82) is 0 Å². The Morgan fingerprint density at radius 3 is 2.37 bits per heavy atom. The topological polar surface area (TPSA) is 87.7 Å². The second kappa shape index (κ2) is 8.87. The van der Waals surface area contributed by atoms with E-state index in [4.69, 9.17) is 0 Å². The summed E-state index contributed by atoms with van der Waals surface area (Å²) >= 11 is 1.42. The molecule has 0 saturated heterocycles. The molecule has 0 spiro atoms. The van der Waals surface area contributed by atoms with Crippen LogP contribution in [0.15, 0.2) is 36.4 Å². The first kappa shape index (κ1) is 20.7. The molecule has 3 N–H and O–H groups in total. The van der Waals surface area contributed by atoms with E-state index in [1.807, 2.05) is 6.07 Å². The number of halogens is 3. The largest absolute Gasteiger partial charge is 0.573 e. The lowest BCUT2D eigenvalue weighted by molar-refractivity contribution is -0.274. The molecule has 1 aromatic carbocycles. The van der Waals surface area contributed by atoms with Gasteiger partial charge in [0, 0.05) is 22.0 Å². The van der Waals surface area contributed by atoms with E-state index in [0.29, 0.717) is 6.42 Å². The van der Waals surface area contributed by atoms with Gasteiger partial charge in [0.1, 0.15) is 5.75 Å². The van der Waals surface area contributed by atoms with Crippen molar-refractivity contribution in [3.05, 3.63) is 46.2 Å². The highest BCUT2D eigenvalue weighted by Gasteiger charge is 2.31. The Labute approximate surface area is 157 Å². The third kappa shape index (κ3) is 6.91. The van der Waals surface area contributed by atoms with Gasteiger partial charge in [-0.1, -0.05) is 0 Å². The molecule has 1 atom stereocenters. The SMILES string of the molecule is CC(O)c1ccc(CCNC(=O)C(=O)Nc2ccc(OC(F)(F)F)cc2)s1. The van der Waals surface area contributed by atoms with Crippen LogP contribution < -0.4 is 15.4 Å². The van der Waals surface area contributed by atoms with Gasteiger partial charge in [-0.25, -0.2) is 0 Å². The van der Waals surface area contributed by atoms with Crippen LogP contribution in [-0.2, 0) is 16.0 Å². The van der Waals surface area contributed by atoms with Crippen LogP contribution in [-0.4, -0.2) is 29.8 Å². The molecule has 0 bridgehead atoms. The number of nitrogens with one attached hydrogen (secondary N) is 2. The number of aliphatic hydroxyl groups excluding tert-OH is 1.